The molecule has 0 N–H and O–H groups in total. The molecule has 4 aromatic heterocycles. The highest BCUT2D eigenvalue weighted by Crippen LogP contribution is 2.55. The van der Waals surface area contributed by atoms with E-state index in [1.54, 1.807) is 0 Å². The van der Waals surface area contributed by atoms with Crippen LogP contribution in [-0.2, 0) is 21.7 Å². The van der Waals surface area contributed by atoms with Crippen LogP contribution in [0.1, 0.15) is 105 Å². The Morgan fingerprint density at radius 1 is 0.268 bits per heavy atom. The second-order valence-electron chi connectivity index (χ2n) is 27.4. The summed E-state index contributed by atoms with van der Waals surface area (Å²) in [6.45, 7) is 28.4. The van der Waals surface area contributed by atoms with Crippen LogP contribution >= 0.6 is 0 Å². The number of fused-ring (bicyclic) bond motifs is 14. The van der Waals surface area contributed by atoms with Gasteiger partial charge in [-0.3, -0.25) is 0 Å². The number of anilines is 6. The molecule has 0 spiro atoms. The summed E-state index contributed by atoms with van der Waals surface area (Å²) in [4.78, 5) is 5.13. The largest absolute Gasteiger partial charge is 0.309 e. The van der Waals surface area contributed by atoms with Gasteiger partial charge in [0, 0.05) is 54.5 Å². The van der Waals surface area contributed by atoms with Crippen molar-refractivity contribution in [1.29, 1.82) is 0 Å². The van der Waals surface area contributed by atoms with Gasteiger partial charge in [-0.1, -0.05) is 229 Å². The summed E-state index contributed by atoms with van der Waals surface area (Å²) in [6.07, 6.45) is 0. The fourth-order valence-corrected chi connectivity index (χ4v) is 14.7. The van der Waals surface area contributed by atoms with Gasteiger partial charge in [-0.25, -0.2) is 0 Å². The molecule has 0 fully saturated rings. The van der Waals surface area contributed by atoms with E-state index in [1.165, 1.54) is 143 Å². The first-order valence-corrected chi connectivity index (χ1v) is 29.4. The Hall–Kier alpha value is -8.86. The van der Waals surface area contributed by atoms with Crippen LogP contribution in [0.25, 0.3) is 97.7 Å². The van der Waals surface area contributed by atoms with E-state index in [0.29, 0.717) is 0 Å². The minimum Gasteiger partial charge on any atom is -0.309 e. The Bertz CT molecular complexity index is 4740. The summed E-state index contributed by atoms with van der Waals surface area (Å²) in [5.41, 5.74) is 19.3. The number of benzene rings is 11. The van der Waals surface area contributed by atoms with Crippen molar-refractivity contribution in [3.8, 4) is 0 Å². The minimum atomic E-state index is -0.163. The van der Waals surface area contributed by atoms with E-state index in [9.17, 15) is 0 Å². The third-order valence-electron chi connectivity index (χ3n) is 17.9. The standard InChI is InChI=1S/C78H70N4/c1-75(2,3)59-35-23-33-55-67-61(79(49-27-15-13-16-28-49)63-41-37-47-25-19-21-31-51(47)69(63)77(7,8)9)43-39-53-57-46-66-58(45-65(57)81(71(55)59)73(53)67)54-40-44-62(68-56-34-24-36-60(76(4,5)6)72(56)82(66)74(54)68)80(50-29-17-14-18-30-50)64-42-38-48-26-20-22-32-52(48)70(64)78(10,11)12/h13-46H,1-12H3. The average Bonchev–Trinajstić information content (AvgIpc) is 2.49. The molecule has 4 heterocycles. The molecular formula is C78H70N4. The lowest BCUT2D eigenvalue weighted by atomic mass is 9.81. The molecule has 11 aromatic carbocycles. The summed E-state index contributed by atoms with van der Waals surface area (Å²) >= 11 is 0. The van der Waals surface area contributed by atoms with Crippen molar-refractivity contribution in [2.45, 2.75) is 105 Å². The molecule has 402 valence electrons. The zero-order chi connectivity index (χ0) is 56.5. The van der Waals surface area contributed by atoms with Gasteiger partial charge in [0.25, 0.3) is 0 Å². The average molecular weight is 1060 g/mol. The van der Waals surface area contributed by atoms with Crippen molar-refractivity contribution in [2.24, 2.45) is 0 Å². The fraction of sp³-hybridized carbons (Fsp3) is 0.205. The summed E-state index contributed by atoms with van der Waals surface area (Å²) in [7, 11) is 0. The highest BCUT2D eigenvalue weighted by Gasteiger charge is 2.34. The monoisotopic (exact) mass is 1060 g/mol. The van der Waals surface area contributed by atoms with Crippen LogP contribution in [-0.4, -0.2) is 8.80 Å². The van der Waals surface area contributed by atoms with Crippen LogP contribution in [0.4, 0.5) is 34.1 Å². The number of hydrogen-bond donors (Lipinski definition) is 0. The molecule has 4 nitrogen and oxygen atoms in total. The molecule has 15 aromatic rings. The van der Waals surface area contributed by atoms with Crippen LogP contribution in [0.2, 0.25) is 0 Å². The zero-order valence-electron chi connectivity index (χ0n) is 49.4. The Morgan fingerprint density at radius 2 is 0.622 bits per heavy atom. The first-order chi connectivity index (χ1) is 39.3. The SMILES string of the molecule is CC(C)(C)c1c(N(c2ccccc2)c2ccc3c4cc5c(cc4n4c6c(C(C)(C)C)cccc6c2c34)c2ccc(N(c3ccccc3)c3ccc4ccccc4c3C(C)(C)C)c3c4cccc(C(C)(C)C)c4n5c23)ccc2ccccc12. The second-order valence-corrected chi connectivity index (χ2v) is 27.4. The molecule has 82 heavy (non-hydrogen) atoms. The number of aromatic nitrogens is 2. The van der Waals surface area contributed by atoms with Gasteiger partial charge in [0.05, 0.1) is 55.8 Å². The molecule has 0 aliphatic heterocycles. The fourth-order valence-electron chi connectivity index (χ4n) is 14.7. The van der Waals surface area contributed by atoms with Crippen molar-refractivity contribution in [3.05, 3.63) is 229 Å². The van der Waals surface area contributed by atoms with Gasteiger partial charge in [-0.2, -0.15) is 0 Å². The molecule has 0 bridgehead atoms. The molecule has 0 aliphatic carbocycles. The number of para-hydroxylation sites is 4. The first kappa shape index (κ1) is 50.1. The Morgan fingerprint density at radius 3 is 1.00 bits per heavy atom. The smallest absolute Gasteiger partial charge is 0.0641 e. The van der Waals surface area contributed by atoms with E-state index >= 15 is 0 Å². The van der Waals surface area contributed by atoms with Gasteiger partial charge < -0.3 is 18.6 Å². The van der Waals surface area contributed by atoms with Crippen molar-refractivity contribution in [2.75, 3.05) is 9.80 Å². The third-order valence-corrected chi connectivity index (χ3v) is 17.9. The molecule has 0 unspecified atom stereocenters. The van der Waals surface area contributed by atoms with E-state index in [0.717, 1.165) is 11.4 Å². The lowest BCUT2D eigenvalue weighted by Gasteiger charge is -2.33. The van der Waals surface area contributed by atoms with E-state index in [1.807, 2.05) is 0 Å². The summed E-state index contributed by atoms with van der Waals surface area (Å²) < 4.78 is 5.33. The molecule has 0 atom stereocenters. The first-order valence-electron chi connectivity index (χ1n) is 29.4. The lowest BCUT2D eigenvalue weighted by molar-refractivity contribution is 0.594. The molecule has 0 saturated carbocycles. The number of rotatable bonds is 6. The van der Waals surface area contributed by atoms with Crippen molar-refractivity contribution in [3.63, 3.8) is 0 Å². The van der Waals surface area contributed by atoms with Crippen LogP contribution in [0.3, 0.4) is 0 Å². The molecule has 15 rings (SSSR count). The van der Waals surface area contributed by atoms with Crippen LogP contribution in [0, 0.1) is 0 Å². The van der Waals surface area contributed by atoms with Gasteiger partial charge in [-0.15, -0.1) is 0 Å². The van der Waals surface area contributed by atoms with E-state index in [-0.39, 0.29) is 21.7 Å². The van der Waals surface area contributed by atoms with E-state index in [2.05, 4.69) is 308 Å². The highest BCUT2D eigenvalue weighted by molar-refractivity contribution is 6.33. The van der Waals surface area contributed by atoms with Crippen LogP contribution < -0.4 is 9.80 Å². The maximum Gasteiger partial charge on any atom is 0.0641 e. The topological polar surface area (TPSA) is 15.3 Å². The maximum absolute atomic E-state index is 2.66. The van der Waals surface area contributed by atoms with Crippen LogP contribution in [0.5, 0.6) is 0 Å². The summed E-state index contributed by atoms with van der Waals surface area (Å²) in [5, 5.41) is 15.2. The molecular weight excluding hydrogens is 993 g/mol. The second kappa shape index (κ2) is 17.3. The predicted molar refractivity (Wildman–Crippen MR) is 355 cm³/mol. The Balaban J connectivity index is 1.09. The molecule has 0 aliphatic rings. The third kappa shape index (κ3) is 7.16. The lowest BCUT2D eigenvalue weighted by Crippen LogP contribution is -2.19. The van der Waals surface area contributed by atoms with Gasteiger partial charge in [0.2, 0.25) is 0 Å². The van der Waals surface area contributed by atoms with Gasteiger partial charge in [0.15, 0.2) is 0 Å². The van der Waals surface area contributed by atoms with E-state index in [4.69, 9.17) is 0 Å². The Labute approximate surface area is 481 Å². The zero-order valence-corrected chi connectivity index (χ0v) is 49.4. The molecule has 0 saturated heterocycles. The Kier molecular flexibility index (Phi) is 10.6. The normalized spacial score (nSPS) is 13.1. The van der Waals surface area contributed by atoms with E-state index < -0.39 is 0 Å². The molecule has 4 heteroatoms. The maximum atomic E-state index is 2.66. The number of nitrogens with zero attached hydrogens (tertiary/aromatic N) is 4. The number of hydrogen-bond acceptors (Lipinski definition) is 2. The highest BCUT2D eigenvalue weighted by atomic mass is 15.2. The summed E-state index contributed by atoms with van der Waals surface area (Å²) in [6, 6.07) is 78.3. The van der Waals surface area contributed by atoms with Gasteiger partial charge >= 0.3 is 0 Å². The molecule has 0 amide bonds. The van der Waals surface area contributed by atoms with Gasteiger partial charge in [-0.05, 0) is 126 Å². The van der Waals surface area contributed by atoms with Crippen molar-refractivity contribution >= 4 is 132 Å². The quantitative estimate of drug-likeness (QED) is 0.165. The van der Waals surface area contributed by atoms with Crippen molar-refractivity contribution < 1.29 is 0 Å². The molecule has 0 radical (unpaired) electrons. The van der Waals surface area contributed by atoms with Gasteiger partial charge in [0.1, 0.15) is 0 Å². The summed E-state index contributed by atoms with van der Waals surface area (Å²) in [5.74, 6) is 0. The predicted octanol–water partition coefficient (Wildman–Crippen LogP) is 22.4. The van der Waals surface area contributed by atoms with Crippen molar-refractivity contribution in [1.82, 2.24) is 8.80 Å². The van der Waals surface area contributed by atoms with Crippen LogP contribution in [0.15, 0.2) is 206 Å². The minimum absolute atomic E-state index is 0.144.